The summed E-state index contributed by atoms with van der Waals surface area (Å²) in [6.45, 7) is 4.19. The molecule has 1 unspecified atom stereocenters. The topological polar surface area (TPSA) is 49.3 Å². The molecule has 3 nitrogen and oxygen atoms in total. The van der Waals surface area contributed by atoms with Crippen molar-refractivity contribution in [2.45, 2.75) is 26.3 Å². The normalized spacial score (nSPS) is 18.8. The van der Waals surface area contributed by atoms with Crippen LogP contribution in [0.1, 0.15) is 31.0 Å². The number of amides is 1. The first kappa shape index (κ1) is 14.9. The molecule has 2 aromatic carbocycles. The van der Waals surface area contributed by atoms with Crippen LogP contribution < -0.4 is 5.32 Å². The highest BCUT2D eigenvalue weighted by atomic mass is 35.5. The van der Waals surface area contributed by atoms with Crippen molar-refractivity contribution >= 4 is 17.7 Å². The molecule has 2 aromatic rings. The van der Waals surface area contributed by atoms with Gasteiger partial charge in [0.05, 0.1) is 6.04 Å². The van der Waals surface area contributed by atoms with Crippen molar-refractivity contribution in [2.24, 2.45) is 5.41 Å². The third-order valence-electron chi connectivity index (χ3n) is 4.33. The summed E-state index contributed by atoms with van der Waals surface area (Å²) in [5, 5.41) is 12.5. The van der Waals surface area contributed by atoms with Crippen molar-refractivity contribution < 1.29 is 9.90 Å². The molecule has 0 aromatic heterocycles. The quantitative estimate of drug-likeness (QED) is 0.828. The van der Waals surface area contributed by atoms with Crippen LogP contribution in [-0.4, -0.2) is 11.2 Å². The zero-order chi connectivity index (χ0) is 15.9. The van der Waals surface area contributed by atoms with Crippen LogP contribution in [0.3, 0.4) is 0 Å². The van der Waals surface area contributed by atoms with Crippen LogP contribution in [0.2, 0.25) is 5.02 Å². The second-order valence-corrected chi connectivity index (χ2v) is 6.90. The van der Waals surface area contributed by atoms with Crippen LogP contribution in [0, 0.1) is 5.41 Å². The highest BCUT2D eigenvalue weighted by molar-refractivity contribution is 6.30. The van der Waals surface area contributed by atoms with Gasteiger partial charge in [-0.25, -0.2) is 4.79 Å². The molecule has 0 bridgehead atoms. The van der Waals surface area contributed by atoms with E-state index in [0.29, 0.717) is 5.02 Å². The fourth-order valence-electron chi connectivity index (χ4n) is 3.26. The van der Waals surface area contributed by atoms with Crippen molar-refractivity contribution in [2.75, 3.05) is 0 Å². The molecule has 0 saturated carbocycles. The number of hydrogen-bond acceptors (Lipinski definition) is 1. The maximum Gasteiger partial charge on any atom is 0.405 e. The minimum atomic E-state index is -0.983. The second kappa shape index (κ2) is 5.33. The molecular formula is C18H18ClNO2. The van der Waals surface area contributed by atoms with E-state index >= 15 is 0 Å². The summed E-state index contributed by atoms with van der Waals surface area (Å²) in [7, 11) is 0. The second-order valence-electron chi connectivity index (χ2n) is 6.47. The Hall–Kier alpha value is -2.00. The van der Waals surface area contributed by atoms with E-state index in [1.54, 1.807) is 0 Å². The third kappa shape index (κ3) is 2.69. The van der Waals surface area contributed by atoms with Crippen molar-refractivity contribution in [3.05, 3.63) is 58.6 Å². The summed E-state index contributed by atoms with van der Waals surface area (Å²) in [5.41, 5.74) is 4.30. The van der Waals surface area contributed by atoms with Gasteiger partial charge in [0.15, 0.2) is 0 Å². The van der Waals surface area contributed by atoms with E-state index in [-0.39, 0.29) is 11.5 Å². The van der Waals surface area contributed by atoms with Gasteiger partial charge in [-0.2, -0.15) is 0 Å². The Morgan fingerprint density at radius 3 is 2.45 bits per heavy atom. The third-order valence-corrected chi connectivity index (χ3v) is 4.58. The van der Waals surface area contributed by atoms with Gasteiger partial charge in [0, 0.05) is 5.02 Å². The standard InChI is InChI=1S/C18H18ClNO2/c1-18(2)10-13-4-3-12(11-5-7-14(19)8-6-11)9-15(13)16(18)20-17(21)22/h3-9,16,20H,10H2,1-2H3,(H,21,22). The Balaban J connectivity index is 2.03. The first-order chi connectivity index (χ1) is 10.4. The number of halogens is 1. The maximum atomic E-state index is 11.1. The Labute approximate surface area is 134 Å². The minimum absolute atomic E-state index is 0.126. The highest BCUT2D eigenvalue weighted by Crippen LogP contribution is 2.46. The molecule has 2 N–H and O–H groups in total. The molecule has 0 saturated heterocycles. The Morgan fingerprint density at radius 2 is 1.82 bits per heavy atom. The first-order valence-electron chi connectivity index (χ1n) is 7.25. The van der Waals surface area contributed by atoms with Crippen LogP contribution in [0.4, 0.5) is 4.79 Å². The number of carboxylic acid groups (broad SMARTS) is 1. The van der Waals surface area contributed by atoms with E-state index < -0.39 is 6.09 Å². The molecule has 0 heterocycles. The fraction of sp³-hybridized carbons (Fsp3) is 0.278. The van der Waals surface area contributed by atoms with Crippen LogP contribution in [-0.2, 0) is 6.42 Å². The monoisotopic (exact) mass is 315 g/mol. The largest absolute Gasteiger partial charge is 0.465 e. The van der Waals surface area contributed by atoms with E-state index in [0.717, 1.165) is 23.1 Å². The van der Waals surface area contributed by atoms with Gasteiger partial charge in [-0.05, 0) is 52.3 Å². The Morgan fingerprint density at radius 1 is 1.18 bits per heavy atom. The molecule has 0 aliphatic heterocycles. The van der Waals surface area contributed by atoms with Crippen molar-refractivity contribution in [3.63, 3.8) is 0 Å². The average molecular weight is 316 g/mol. The van der Waals surface area contributed by atoms with Gasteiger partial charge < -0.3 is 10.4 Å². The zero-order valence-electron chi connectivity index (χ0n) is 12.6. The van der Waals surface area contributed by atoms with Crippen LogP contribution in [0.5, 0.6) is 0 Å². The molecule has 0 spiro atoms. The zero-order valence-corrected chi connectivity index (χ0v) is 13.3. The van der Waals surface area contributed by atoms with E-state index in [9.17, 15) is 4.79 Å². The SMILES string of the molecule is CC1(C)Cc2ccc(-c3ccc(Cl)cc3)cc2C1NC(=O)O. The smallest absolute Gasteiger partial charge is 0.405 e. The summed E-state index contributed by atoms with van der Waals surface area (Å²) >= 11 is 5.94. The molecule has 114 valence electrons. The van der Waals surface area contributed by atoms with Crippen LogP contribution >= 0.6 is 11.6 Å². The number of fused-ring (bicyclic) bond motifs is 1. The van der Waals surface area contributed by atoms with Gasteiger partial charge in [0.1, 0.15) is 0 Å². The first-order valence-corrected chi connectivity index (χ1v) is 7.63. The Kier molecular flexibility index (Phi) is 3.61. The predicted molar refractivity (Wildman–Crippen MR) is 88.3 cm³/mol. The van der Waals surface area contributed by atoms with Gasteiger partial charge in [0.2, 0.25) is 0 Å². The lowest BCUT2D eigenvalue weighted by molar-refractivity contribution is 0.175. The lowest BCUT2D eigenvalue weighted by Crippen LogP contribution is -2.34. The fourth-order valence-corrected chi connectivity index (χ4v) is 3.38. The van der Waals surface area contributed by atoms with Gasteiger partial charge in [0.25, 0.3) is 0 Å². The highest BCUT2D eigenvalue weighted by Gasteiger charge is 2.40. The average Bonchev–Trinajstić information content (AvgIpc) is 2.69. The molecule has 22 heavy (non-hydrogen) atoms. The van der Waals surface area contributed by atoms with Crippen molar-refractivity contribution in [1.82, 2.24) is 5.32 Å². The van der Waals surface area contributed by atoms with Gasteiger partial charge in [-0.3, -0.25) is 0 Å². The van der Waals surface area contributed by atoms with E-state index in [1.807, 2.05) is 24.3 Å². The molecule has 0 radical (unpaired) electrons. The van der Waals surface area contributed by atoms with Gasteiger partial charge >= 0.3 is 6.09 Å². The maximum absolute atomic E-state index is 11.1. The minimum Gasteiger partial charge on any atom is -0.465 e. The summed E-state index contributed by atoms with van der Waals surface area (Å²) in [5.74, 6) is 0. The van der Waals surface area contributed by atoms with Crippen LogP contribution in [0.15, 0.2) is 42.5 Å². The lowest BCUT2D eigenvalue weighted by atomic mass is 9.85. The molecule has 0 fully saturated rings. The van der Waals surface area contributed by atoms with Crippen molar-refractivity contribution in [3.8, 4) is 11.1 Å². The number of benzene rings is 2. The van der Waals surface area contributed by atoms with Gasteiger partial charge in [-0.15, -0.1) is 0 Å². The van der Waals surface area contributed by atoms with E-state index in [4.69, 9.17) is 16.7 Å². The van der Waals surface area contributed by atoms with E-state index in [2.05, 4.69) is 37.4 Å². The number of carbonyl (C=O) groups is 1. The molecular weight excluding hydrogens is 298 g/mol. The van der Waals surface area contributed by atoms with Crippen molar-refractivity contribution in [1.29, 1.82) is 0 Å². The molecule has 4 heteroatoms. The molecule has 1 aliphatic carbocycles. The lowest BCUT2D eigenvalue weighted by Gasteiger charge is -2.27. The summed E-state index contributed by atoms with van der Waals surface area (Å²) < 4.78 is 0. The summed E-state index contributed by atoms with van der Waals surface area (Å²) in [4.78, 5) is 11.1. The molecule has 3 rings (SSSR count). The number of hydrogen-bond donors (Lipinski definition) is 2. The molecule has 1 aliphatic rings. The number of nitrogens with one attached hydrogen (secondary N) is 1. The van der Waals surface area contributed by atoms with Crippen LogP contribution in [0.25, 0.3) is 11.1 Å². The summed E-state index contributed by atoms with van der Waals surface area (Å²) in [6, 6.07) is 13.8. The summed E-state index contributed by atoms with van der Waals surface area (Å²) in [6.07, 6.45) is -0.114. The predicted octanol–water partition coefficient (Wildman–Crippen LogP) is 4.90. The van der Waals surface area contributed by atoms with E-state index in [1.165, 1.54) is 5.56 Å². The molecule has 1 atom stereocenters. The molecule has 1 amide bonds. The number of rotatable bonds is 2. The Bertz CT molecular complexity index is 722. The van der Waals surface area contributed by atoms with Gasteiger partial charge in [-0.1, -0.05) is 49.7 Å².